The minimum absolute atomic E-state index is 0.0192. The fraction of sp³-hybridized carbons (Fsp3) is 0.200. The molecule has 0 bridgehead atoms. The second-order valence-corrected chi connectivity index (χ2v) is 9.46. The van der Waals surface area contributed by atoms with E-state index in [0.717, 1.165) is 29.8 Å². The maximum absolute atomic E-state index is 13.1. The molecule has 0 aliphatic rings. The Balaban J connectivity index is 1.70. The summed E-state index contributed by atoms with van der Waals surface area (Å²) in [6.07, 6.45) is 0. The maximum Gasteiger partial charge on any atom is 0.340 e. The van der Waals surface area contributed by atoms with E-state index in [4.69, 9.17) is 4.74 Å². The van der Waals surface area contributed by atoms with Crippen molar-refractivity contribution in [3.63, 3.8) is 0 Å². The maximum atomic E-state index is 13.1. The number of amides is 1. The molecule has 0 atom stereocenters. The molecule has 3 aromatic rings. The number of carbonyl (C=O) groups is 2. The van der Waals surface area contributed by atoms with Crippen LogP contribution in [0.3, 0.4) is 0 Å². The topological polar surface area (TPSA) is 92.8 Å². The number of ether oxygens (including phenoxy) is 1. The molecule has 0 saturated carbocycles. The lowest BCUT2D eigenvalue weighted by atomic mass is 10.2. The molecular weight excluding hydrogens is 459 g/mol. The number of para-hydroxylation sites is 1. The molecule has 9 heteroatoms. The quantitative estimate of drug-likeness (QED) is 0.459. The van der Waals surface area contributed by atoms with Crippen LogP contribution in [0.25, 0.3) is 0 Å². The summed E-state index contributed by atoms with van der Waals surface area (Å²) >= 11 is 0. The highest BCUT2D eigenvalue weighted by Crippen LogP contribution is 2.21. The molecule has 0 aliphatic carbocycles. The number of hydrogen-bond acceptors (Lipinski definition) is 5. The van der Waals surface area contributed by atoms with E-state index in [1.54, 1.807) is 17.0 Å². The minimum atomic E-state index is -4.08. The van der Waals surface area contributed by atoms with Crippen LogP contribution in [-0.4, -0.2) is 37.8 Å². The third-order valence-electron chi connectivity index (χ3n) is 4.98. The highest BCUT2D eigenvalue weighted by Gasteiger charge is 2.22. The van der Waals surface area contributed by atoms with Crippen LogP contribution in [0, 0.1) is 5.82 Å². The molecule has 34 heavy (non-hydrogen) atoms. The summed E-state index contributed by atoms with van der Waals surface area (Å²) in [6.45, 7) is 3.59. The van der Waals surface area contributed by atoms with Gasteiger partial charge in [0.15, 0.2) is 6.61 Å². The predicted molar refractivity (Wildman–Crippen MR) is 126 cm³/mol. The van der Waals surface area contributed by atoms with Gasteiger partial charge in [0.1, 0.15) is 5.82 Å². The van der Waals surface area contributed by atoms with Gasteiger partial charge < -0.3 is 9.64 Å². The van der Waals surface area contributed by atoms with Crippen molar-refractivity contribution in [1.29, 1.82) is 0 Å². The summed E-state index contributed by atoms with van der Waals surface area (Å²) < 4.78 is 46.0. The van der Waals surface area contributed by atoms with Gasteiger partial charge in [-0.05, 0) is 55.8 Å². The van der Waals surface area contributed by atoms with Crippen molar-refractivity contribution in [2.75, 3.05) is 11.3 Å². The zero-order chi connectivity index (χ0) is 24.7. The van der Waals surface area contributed by atoms with Gasteiger partial charge in [-0.25, -0.2) is 17.6 Å². The van der Waals surface area contributed by atoms with E-state index < -0.39 is 28.4 Å². The van der Waals surface area contributed by atoms with Crippen molar-refractivity contribution in [2.24, 2.45) is 0 Å². The first-order chi connectivity index (χ1) is 16.2. The lowest BCUT2D eigenvalue weighted by molar-refractivity contribution is -0.136. The first-order valence-corrected chi connectivity index (χ1v) is 12.0. The Bertz CT molecular complexity index is 1250. The molecular formula is C25H25FN2O5S. The average molecular weight is 485 g/mol. The van der Waals surface area contributed by atoms with Gasteiger partial charge in [-0.2, -0.15) is 0 Å². The van der Waals surface area contributed by atoms with Crippen molar-refractivity contribution in [1.82, 2.24) is 4.90 Å². The molecule has 0 saturated heterocycles. The zero-order valence-electron chi connectivity index (χ0n) is 18.8. The third-order valence-corrected chi connectivity index (χ3v) is 6.36. The number of carbonyl (C=O) groups excluding carboxylic acids is 2. The van der Waals surface area contributed by atoms with Crippen LogP contribution in [0.15, 0.2) is 83.8 Å². The van der Waals surface area contributed by atoms with E-state index in [9.17, 15) is 22.4 Å². The molecule has 1 N–H and O–H groups in total. The van der Waals surface area contributed by atoms with E-state index in [1.165, 1.54) is 12.1 Å². The van der Waals surface area contributed by atoms with Gasteiger partial charge in [0.25, 0.3) is 15.9 Å². The highest BCUT2D eigenvalue weighted by molar-refractivity contribution is 7.92. The number of sulfonamides is 1. The Morgan fingerprint density at radius 3 is 2.21 bits per heavy atom. The number of benzene rings is 3. The van der Waals surface area contributed by atoms with Crippen molar-refractivity contribution < 1.29 is 27.1 Å². The summed E-state index contributed by atoms with van der Waals surface area (Å²) in [7, 11) is -4.08. The van der Waals surface area contributed by atoms with Crippen LogP contribution in [0.2, 0.25) is 0 Å². The lowest BCUT2D eigenvalue weighted by Gasteiger charge is -2.26. The van der Waals surface area contributed by atoms with Crippen molar-refractivity contribution >= 4 is 27.6 Å². The molecule has 3 aromatic carbocycles. The molecule has 0 spiro atoms. The molecule has 0 aromatic heterocycles. The summed E-state index contributed by atoms with van der Waals surface area (Å²) in [5.41, 5.74) is 0.867. The molecule has 0 unspecified atom stereocenters. The van der Waals surface area contributed by atoms with Gasteiger partial charge in [-0.3, -0.25) is 9.52 Å². The van der Waals surface area contributed by atoms with E-state index >= 15 is 0 Å². The Hall–Kier alpha value is -3.72. The number of halogens is 1. The Kier molecular flexibility index (Phi) is 8.01. The standard InChI is InChI=1S/C25H25FN2O5S/c1-18(2)28(16-19-8-4-3-5-9-19)24(29)17-33-25(30)22-10-6-7-11-23(22)27-34(31,32)21-14-12-20(26)13-15-21/h3-15,18,27H,16-17H2,1-2H3. The molecule has 0 fully saturated rings. The van der Waals surface area contributed by atoms with Crippen molar-refractivity contribution in [3.05, 3.63) is 95.8 Å². The first-order valence-electron chi connectivity index (χ1n) is 10.6. The summed E-state index contributed by atoms with van der Waals surface area (Å²) in [4.78, 5) is 26.9. The molecule has 178 valence electrons. The van der Waals surface area contributed by atoms with Crippen LogP contribution >= 0.6 is 0 Å². The van der Waals surface area contributed by atoms with Gasteiger partial charge >= 0.3 is 5.97 Å². The second kappa shape index (κ2) is 10.9. The Morgan fingerprint density at radius 2 is 1.56 bits per heavy atom. The van der Waals surface area contributed by atoms with Crippen LogP contribution in [0.5, 0.6) is 0 Å². The number of nitrogens with zero attached hydrogens (tertiary/aromatic N) is 1. The van der Waals surface area contributed by atoms with Gasteiger partial charge in [0.2, 0.25) is 0 Å². The Labute approximate surface area is 198 Å². The van der Waals surface area contributed by atoms with Crippen molar-refractivity contribution in [3.8, 4) is 0 Å². The SMILES string of the molecule is CC(C)N(Cc1ccccc1)C(=O)COC(=O)c1ccccc1NS(=O)(=O)c1ccc(F)cc1. The fourth-order valence-corrected chi connectivity index (χ4v) is 4.27. The van der Waals surface area contributed by atoms with Crippen LogP contribution in [0.1, 0.15) is 29.8 Å². The molecule has 1 amide bonds. The van der Waals surface area contributed by atoms with Gasteiger partial charge in [-0.15, -0.1) is 0 Å². The fourth-order valence-electron chi connectivity index (χ4n) is 3.19. The van der Waals surface area contributed by atoms with Crippen molar-refractivity contribution in [2.45, 2.75) is 31.3 Å². The van der Waals surface area contributed by atoms with Crippen LogP contribution in [0.4, 0.5) is 10.1 Å². The van der Waals surface area contributed by atoms with Gasteiger partial charge in [-0.1, -0.05) is 42.5 Å². The normalized spacial score (nSPS) is 11.2. The van der Waals surface area contributed by atoms with Crippen LogP contribution < -0.4 is 4.72 Å². The van der Waals surface area contributed by atoms with Gasteiger partial charge in [0, 0.05) is 12.6 Å². The smallest absolute Gasteiger partial charge is 0.340 e. The molecule has 0 radical (unpaired) electrons. The third kappa shape index (κ3) is 6.41. The van der Waals surface area contributed by atoms with E-state index in [1.807, 2.05) is 44.2 Å². The van der Waals surface area contributed by atoms with E-state index in [0.29, 0.717) is 6.54 Å². The Morgan fingerprint density at radius 1 is 0.941 bits per heavy atom. The predicted octanol–water partition coefficient (Wildman–Crippen LogP) is 4.22. The van der Waals surface area contributed by atoms with E-state index in [2.05, 4.69) is 4.72 Å². The number of hydrogen-bond donors (Lipinski definition) is 1. The largest absolute Gasteiger partial charge is 0.452 e. The number of esters is 1. The average Bonchev–Trinajstić information content (AvgIpc) is 2.81. The highest BCUT2D eigenvalue weighted by atomic mass is 32.2. The molecule has 0 heterocycles. The molecule has 3 rings (SSSR count). The van der Waals surface area contributed by atoms with Gasteiger partial charge in [0.05, 0.1) is 16.1 Å². The molecule has 7 nitrogen and oxygen atoms in total. The monoisotopic (exact) mass is 484 g/mol. The number of anilines is 1. The number of rotatable bonds is 9. The minimum Gasteiger partial charge on any atom is -0.452 e. The molecule has 0 aliphatic heterocycles. The summed E-state index contributed by atoms with van der Waals surface area (Å²) in [6, 6.07) is 19.5. The summed E-state index contributed by atoms with van der Waals surface area (Å²) in [5, 5.41) is 0. The number of nitrogens with one attached hydrogen (secondary N) is 1. The first kappa shape index (κ1) is 24.9. The lowest BCUT2D eigenvalue weighted by Crippen LogP contribution is -2.39. The van der Waals surface area contributed by atoms with Crippen LogP contribution in [-0.2, 0) is 26.1 Å². The van der Waals surface area contributed by atoms with E-state index in [-0.39, 0.29) is 28.1 Å². The second-order valence-electron chi connectivity index (χ2n) is 7.78. The zero-order valence-corrected chi connectivity index (χ0v) is 19.6. The summed E-state index contributed by atoms with van der Waals surface area (Å²) in [5.74, 6) is -1.80.